The monoisotopic (exact) mass is 516 g/mol. The zero-order chi connectivity index (χ0) is 23.2. The fourth-order valence-corrected chi connectivity index (χ4v) is 7.33. The maximum absolute atomic E-state index is 6.62. The second-order valence-electron chi connectivity index (χ2n) is 9.23. The van der Waals surface area contributed by atoms with Crippen LogP contribution in [0.1, 0.15) is 118 Å². The molecule has 0 fully saturated rings. The van der Waals surface area contributed by atoms with Gasteiger partial charge in [-0.3, -0.25) is 0 Å². The van der Waals surface area contributed by atoms with Gasteiger partial charge >= 0.3 is 0 Å². The van der Waals surface area contributed by atoms with Crippen LogP contribution in [-0.4, -0.2) is 26.1 Å². The Morgan fingerprint density at radius 2 is 1.13 bits per heavy atom. The van der Waals surface area contributed by atoms with E-state index in [9.17, 15) is 0 Å². The van der Waals surface area contributed by atoms with Gasteiger partial charge < -0.3 is 8.85 Å². The number of unbranched alkanes of at least 4 members (excludes halogenated alkanes) is 7. The molecule has 0 radical (unpaired) electrons. The molecular weight excluding hydrogens is 464 g/mol. The van der Waals surface area contributed by atoms with Crippen LogP contribution in [0.15, 0.2) is 24.3 Å². The van der Waals surface area contributed by atoms with Crippen LogP contribution in [0, 0.1) is 0 Å². The first kappa shape index (κ1) is 31.1. The lowest BCUT2D eigenvalue weighted by molar-refractivity contribution is 0.0877. The fraction of sp³-hybridized carbons (Fsp3) is 0.852. The molecular formula is C27H53BrO2Si-. The van der Waals surface area contributed by atoms with Crippen LogP contribution in [0.4, 0.5) is 0 Å². The molecule has 0 saturated heterocycles. The van der Waals surface area contributed by atoms with Gasteiger partial charge in [0, 0.05) is 17.5 Å². The van der Waals surface area contributed by atoms with E-state index < -0.39 is 8.56 Å². The Morgan fingerprint density at radius 1 is 0.677 bits per heavy atom. The Kier molecular flexibility index (Phi) is 22.0. The summed E-state index contributed by atoms with van der Waals surface area (Å²) in [6.45, 7) is 11.3. The maximum atomic E-state index is 6.62. The summed E-state index contributed by atoms with van der Waals surface area (Å²) in [5.74, 6) is 0. The number of rotatable bonds is 22. The van der Waals surface area contributed by atoms with E-state index in [0.717, 1.165) is 37.1 Å². The van der Waals surface area contributed by atoms with Crippen molar-refractivity contribution >= 4 is 24.5 Å². The molecule has 0 heterocycles. The molecule has 0 bridgehead atoms. The van der Waals surface area contributed by atoms with Gasteiger partial charge in [0.2, 0.25) is 0 Å². The minimum atomic E-state index is -2.15. The largest absolute Gasteiger partial charge is 0.543 e. The maximum Gasteiger partial charge on any atom is 0.123 e. The van der Waals surface area contributed by atoms with Crippen molar-refractivity contribution in [3.05, 3.63) is 24.3 Å². The third-order valence-electron chi connectivity index (χ3n) is 5.68. The topological polar surface area (TPSA) is 18.5 Å². The number of alkyl halides is 1. The summed E-state index contributed by atoms with van der Waals surface area (Å²) in [6.07, 6.45) is 27.0. The molecule has 31 heavy (non-hydrogen) atoms. The van der Waals surface area contributed by atoms with Gasteiger partial charge in [0.1, 0.15) is 8.56 Å². The molecule has 185 valence electrons. The summed E-state index contributed by atoms with van der Waals surface area (Å²) < 4.78 is 13.2. The highest BCUT2D eigenvalue weighted by Crippen LogP contribution is 2.24. The highest BCUT2D eigenvalue weighted by molar-refractivity contribution is 9.09. The smallest absolute Gasteiger partial charge is 0.123 e. The van der Waals surface area contributed by atoms with Crippen LogP contribution in [0.2, 0.25) is 12.6 Å². The lowest BCUT2D eigenvalue weighted by Crippen LogP contribution is -2.44. The molecule has 0 aliphatic heterocycles. The minimum Gasteiger partial charge on any atom is -0.543 e. The van der Waals surface area contributed by atoms with Gasteiger partial charge in [-0.2, -0.15) is 0 Å². The van der Waals surface area contributed by atoms with Crippen molar-refractivity contribution in [2.45, 2.75) is 142 Å². The molecule has 0 amide bonds. The van der Waals surface area contributed by atoms with Crippen molar-refractivity contribution in [3.8, 4) is 0 Å². The van der Waals surface area contributed by atoms with E-state index in [1.807, 2.05) is 0 Å². The van der Waals surface area contributed by atoms with Crippen molar-refractivity contribution in [1.82, 2.24) is 0 Å². The first-order valence-corrected chi connectivity index (χ1v) is 16.8. The normalized spacial score (nSPS) is 16.2. The minimum absolute atomic E-state index is 0.270. The Bertz CT molecular complexity index is 407. The fourth-order valence-electron chi connectivity index (χ4n) is 3.81. The molecule has 0 aromatic rings. The van der Waals surface area contributed by atoms with E-state index in [2.05, 4.69) is 74.5 Å². The SMILES string of the molecule is CCCCC/C=C\CCC(C)O[Si-](C)(CCCCBr)OC(C)CC/C=C\CCCCC. The van der Waals surface area contributed by atoms with E-state index in [1.54, 1.807) is 0 Å². The second kappa shape index (κ2) is 21.9. The van der Waals surface area contributed by atoms with Crippen LogP contribution >= 0.6 is 15.9 Å². The van der Waals surface area contributed by atoms with Gasteiger partial charge in [-0.25, -0.2) is 0 Å². The standard InChI is InChI=1S/C27H53BrO2Si/c1-6-8-10-12-14-16-18-22-26(3)29-31(5,25-21-20-24-28)30-27(4)23-19-17-15-13-11-9-7-2/h14-17,26-27H,6-13,18-25H2,1-5H3/q-1/b16-14-,17-15-. The van der Waals surface area contributed by atoms with Crippen LogP contribution in [0.3, 0.4) is 0 Å². The molecule has 0 N–H and O–H groups in total. The average Bonchev–Trinajstić information content (AvgIpc) is 2.72. The molecule has 0 aromatic heterocycles. The lowest BCUT2D eigenvalue weighted by atomic mass is 10.1. The Hall–Kier alpha value is 0.0969. The summed E-state index contributed by atoms with van der Waals surface area (Å²) in [6, 6.07) is 1.09. The first-order chi connectivity index (χ1) is 15.0. The molecule has 0 saturated carbocycles. The summed E-state index contributed by atoms with van der Waals surface area (Å²) >= 11 is 3.57. The van der Waals surface area contributed by atoms with Crippen molar-refractivity contribution in [2.75, 3.05) is 5.33 Å². The predicted octanol–water partition coefficient (Wildman–Crippen LogP) is 9.88. The van der Waals surface area contributed by atoms with Gasteiger partial charge in [0.15, 0.2) is 0 Å². The molecule has 2 unspecified atom stereocenters. The van der Waals surface area contributed by atoms with E-state index in [0.29, 0.717) is 0 Å². The van der Waals surface area contributed by atoms with Gasteiger partial charge in [-0.1, -0.05) is 86.2 Å². The van der Waals surface area contributed by atoms with Crippen molar-refractivity contribution < 1.29 is 8.85 Å². The van der Waals surface area contributed by atoms with E-state index >= 15 is 0 Å². The predicted molar refractivity (Wildman–Crippen MR) is 146 cm³/mol. The Balaban J connectivity index is 4.40. The van der Waals surface area contributed by atoms with Crippen molar-refractivity contribution in [1.29, 1.82) is 0 Å². The number of halogens is 1. The third-order valence-corrected chi connectivity index (χ3v) is 9.30. The molecule has 0 aromatic carbocycles. The van der Waals surface area contributed by atoms with E-state index in [-0.39, 0.29) is 12.2 Å². The lowest BCUT2D eigenvalue weighted by Gasteiger charge is -2.45. The van der Waals surface area contributed by atoms with Crippen molar-refractivity contribution in [2.24, 2.45) is 0 Å². The van der Waals surface area contributed by atoms with Gasteiger partial charge in [-0.15, -0.1) is 12.6 Å². The molecule has 0 spiro atoms. The molecule has 0 rings (SSSR count). The van der Waals surface area contributed by atoms with E-state index in [1.165, 1.54) is 64.2 Å². The van der Waals surface area contributed by atoms with E-state index in [4.69, 9.17) is 8.85 Å². The van der Waals surface area contributed by atoms with Gasteiger partial charge in [0.05, 0.1) is 0 Å². The molecule has 0 aliphatic rings. The number of allylic oxidation sites excluding steroid dienone is 4. The summed E-state index contributed by atoms with van der Waals surface area (Å²) in [7, 11) is -2.15. The van der Waals surface area contributed by atoms with Crippen LogP contribution in [0.5, 0.6) is 0 Å². The highest BCUT2D eigenvalue weighted by Gasteiger charge is 2.21. The summed E-state index contributed by atoms with van der Waals surface area (Å²) in [5.41, 5.74) is 0. The van der Waals surface area contributed by atoms with Crippen molar-refractivity contribution in [3.63, 3.8) is 0 Å². The summed E-state index contributed by atoms with van der Waals surface area (Å²) in [5, 5.41) is 1.06. The first-order valence-electron chi connectivity index (χ1n) is 13.2. The third kappa shape index (κ3) is 20.4. The van der Waals surface area contributed by atoms with Crippen LogP contribution in [-0.2, 0) is 8.85 Å². The quantitative estimate of drug-likeness (QED) is 0.0616. The average molecular weight is 518 g/mol. The van der Waals surface area contributed by atoms with Crippen LogP contribution in [0.25, 0.3) is 0 Å². The zero-order valence-corrected chi connectivity index (χ0v) is 24.1. The van der Waals surface area contributed by atoms with Gasteiger partial charge in [-0.05, 0) is 71.6 Å². The Labute approximate surface area is 205 Å². The van der Waals surface area contributed by atoms with Crippen LogP contribution < -0.4 is 0 Å². The second-order valence-corrected chi connectivity index (χ2v) is 13.3. The number of hydrogen-bond acceptors (Lipinski definition) is 2. The highest BCUT2D eigenvalue weighted by atomic mass is 79.9. The number of hydrogen-bond donors (Lipinski definition) is 0. The molecule has 2 nitrogen and oxygen atoms in total. The molecule has 0 aliphatic carbocycles. The molecule has 4 heteroatoms. The van der Waals surface area contributed by atoms with Gasteiger partial charge in [0.25, 0.3) is 0 Å². The zero-order valence-electron chi connectivity index (χ0n) is 21.5. The molecule has 2 atom stereocenters. The Morgan fingerprint density at radius 3 is 1.55 bits per heavy atom. The summed E-state index contributed by atoms with van der Waals surface area (Å²) in [4.78, 5) is 0.